The molecule has 4 fully saturated rings. The highest BCUT2D eigenvalue weighted by Gasteiger charge is 2.50. The summed E-state index contributed by atoms with van der Waals surface area (Å²) in [5.41, 5.74) is 0. The lowest BCUT2D eigenvalue weighted by Gasteiger charge is -2.56. The SMILES string of the molecule is N#C/C=C/SC12CC3CC(CC(C3)C1)C2. The Balaban J connectivity index is 1.76. The number of nitriles is 1. The van der Waals surface area contributed by atoms with E-state index in [1.165, 1.54) is 38.5 Å². The van der Waals surface area contributed by atoms with Crippen molar-refractivity contribution in [2.24, 2.45) is 17.8 Å². The van der Waals surface area contributed by atoms with Gasteiger partial charge < -0.3 is 0 Å². The molecular formula is C13H17NS. The van der Waals surface area contributed by atoms with Crippen molar-refractivity contribution in [2.45, 2.75) is 43.3 Å². The highest BCUT2D eigenvalue weighted by atomic mass is 32.2. The summed E-state index contributed by atoms with van der Waals surface area (Å²) in [7, 11) is 0. The van der Waals surface area contributed by atoms with E-state index in [0.29, 0.717) is 4.75 Å². The molecule has 15 heavy (non-hydrogen) atoms. The van der Waals surface area contributed by atoms with Crippen LogP contribution in [0.5, 0.6) is 0 Å². The van der Waals surface area contributed by atoms with E-state index in [9.17, 15) is 0 Å². The summed E-state index contributed by atoms with van der Waals surface area (Å²) < 4.78 is 0.530. The highest BCUT2D eigenvalue weighted by molar-refractivity contribution is 8.03. The van der Waals surface area contributed by atoms with Gasteiger partial charge in [0.1, 0.15) is 0 Å². The molecule has 4 rings (SSSR count). The second-order valence-corrected chi connectivity index (χ2v) is 7.02. The van der Waals surface area contributed by atoms with E-state index in [1.807, 2.05) is 17.2 Å². The fraction of sp³-hybridized carbons (Fsp3) is 0.769. The summed E-state index contributed by atoms with van der Waals surface area (Å²) in [4.78, 5) is 0. The first-order valence-electron chi connectivity index (χ1n) is 6.02. The zero-order valence-electron chi connectivity index (χ0n) is 8.98. The summed E-state index contributed by atoms with van der Waals surface area (Å²) in [5, 5.41) is 10.6. The van der Waals surface area contributed by atoms with Crippen molar-refractivity contribution in [2.75, 3.05) is 0 Å². The molecule has 4 aliphatic rings. The van der Waals surface area contributed by atoms with Gasteiger partial charge in [-0.3, -0.25) is 0 Å². The van der Waals surface area contributed by atoms with Crippen LogP contribution in [0.2, 0.25) is 0 Å². The van der Waals surface area contributed by atoms with Gasteiger partial charge in [0.2, 0.25) is 0 Å². The lowest BCUT2D eigenvalue weighted by atomic mass is 9.56. The van der Waals surface area contributed by atoms with Crippen molar-refractivity contribution in [1.29, 1.82) is 5.26 Å². The third kappa shape index (κ3) is 1.72. The van der Waals surface area contributed by atoms with Crippen LogP contribution in [0.3, 0.4) is 0 Å². The fourth-order valence-corrected chi connectivity index (χ4v) is 5.80. The molecule has 4 aliphatic carbocycles. The van der Waals surface area contributed by atoms with Crippen LogP contribution in [0.25, 0.3) is 0 Å². The van der Waals surface area contributed by atoms with Gasteiger partial charge in [-0.2, -0.15) is 5.26 Å². The van der Waals surface area contributed by atoms with Crippen LogP contribution in [0.1, 0.15) is 38.5 Å². The van der Waals surface area contributed by atoms with E-state index in [-0.39, 0.29) is 0 Å². The summed E-state index contributed by atoms with van der Waals surface area (Å²) in [6.07, 6.45) is 10.4. The molecule has 0 amide bonds. The Bertz CT molecular complexity index is 291. The van der Waals surface area contributed by atoms with Crippen molar-refractivity contribution in [1.82, 2.24) is 0 Å². The van der Waals surface area contributed by atoms with Gasteiger partial charge in [-0.1, -0.05) is 0 Å². The maximum absolute atomic E-state index is 8.53. The van der Waals surface area contributed by atoms with Crippen LogP contribution in [0, 0.1) is 29.1 Å². The average molecular weight is 219 g/mol. The second kappa shape index (κ2) is 3.56. The Labute approximate surface area is 95.9 Å². The monoisotopic (exact) mass is 219 g/mol. The molecule has 0 radical (unpaired) electrons. The topological polar surface area (TPSA) is 23.8 Å². The minimum atomic E-state index is 0.530. The minimum absolute atomic E-state index is 0.530. The molecule has 0 aromatic heterocycles. The van der Waals surface area contributed by atoms with Crippen LogP contribution in [-0.2, 0) is 0 Å². The molecular weight excluding hydrogens is 202 g/mol. The number of allylic oxidation sites excluding steroid dienone is 1. The Morgan fingerprint density at radius 1 is 1.07 bits per heavy atom. The molecule has 4 bridgehead atoms. The summed E-state index contributed by atoms with van der Waals surface area (Å²) in [6.45, 7) is 0. The zero-order chi connectivity index (χ0) is 10.3. The van der Waals surface area contributed by atoms with Crippen molar-refractivity contribution in [3.05, 3.63) is 11.5 Å². The molecule has 0 spiro atoms. The van der Waals surface area contributed by atoms with Crippen molar-refractivity contribution < 1.29 is 0 Å². The molecule has 0 aromatic carbocycles. The Hall–Kier alpha value is -0.420. The number of hydrogen-bond donors (Lipinski definition) is 0. The molecule has 1 nitrogen and oxygen atoms in total. The van der Waals surface area contributed by atoms with Crippen molar-refractivity contribution in [3.63, 3.8) is 0 Å². The van der Waals surface area contributed by atoms with E-state index in [2.05, 4.69) is 6.07 Å². The Morgan fingerprint density at radius 2 is 1.60 bits per heavy atom. The van der Waals surface area contributed by atoms with Gasteiger partial charge >= 0.3 is 0 Å². The molecule has 0 aromatic rings. The molecule has 0 atom stereocenters. The minimum Gasteiger partial charge on any atom is -0.193 e. The molecule has 0 heterocycles. The lowest BCUT2D eigenvalue weighted by molar-refractivity contribution is 0.0387. The van der Waals surface area contributed by atoms with Gasteiger partial charge in [-0.15, -0.1) is 11.8 Å². The highest BCUT2D eigenvalue weighted by Crippen LogP contribution is 2.60. The quantitative estimate of drug-likeness (QED) is 0.661. The first-order valence-corrected chi connectivity index (χ1v) is 6.90. The summed E-state index contributed by atoms with van der Waals surface area (Å²) in [6, 6.07) is 2.10. The maximum Gasteiger partial charge on any atom is 0.0917 e. The predicted molar refractivity (Wildman–Crippen MR) is 63.2 cm³/mol. The molecule has 2 heteroatoms. The van der Waals surface area contributed by atoms with E-state index in [4.69, 9.17) is 5.26 Å². The number of rotatable bonds is 2. The lowest BCUT2D eigenvalue weighted by Crippen LogP contribution is -2.48. The van der Waals surface area contributed by atoms with E-state index >= 15 is 0 Å². The normalized spacial score (nSPS) is 47.3. The third-order valence-corrected chi connectivity index (χ3v) is 5.71. The van der Waals surface area contributed by atoms with E-state index in [1.54, 1.807) is 6.08 Å². The smallest absolute Gasteiger partial charge is 0.0917 e. The van der Waals surface area contributed by atoms with E-state index in [0.717, 1.165) is 17.8 Å². The molecule has 80 valence electrons. The molecule has 0 N–H and O–H groups in total. The molecule has 0 unspecified atom stereocenters. The second-order valence-electron chi connectivity index (χ2n) is 5.65. The predicted octanol–water partition coefficient (Wildman–Crippen LogP) is 3.73. The van der Waals surface area contributed by atoms with Gasteiger partial charge in [0.05, 0.1) is 6.07 Å². The molecule has 0 saturated heterocycles. The van der Waals surface area contributed by atoms with Crippen molar-refractivity contribution in [3.8, 4) is 6.07 Å². The first kappa shape index (κ1) is 9.78. The summed E-state index contributed by atoms with van der Waals surface area (Å²) >= 11 is 1.96. The Morgan fingerprint density at radius 3 is 2.07 bits per heavy atom. The average Bonchev–Trinajstić information content (AvgIpc) is 2.15. The van der Waals surface area contributed by atoms with Crippen molar-refractivity contribution >= 4 is 11.8 Å². The van der Waals surface area contributed by atoms with Crippen LogP contribution in [0.15, 0.2) is 11.5 Å². The first-order chi connectivity index (χ1) is 7.30. The standard InChI is InChI=1S/C13H17NS/c14-2-1-3-15-13-7-10-4-11(8-13)6-12(5-10)9-13/h1,3,10-12H,4-9H2/b3-1+. The van der Waals surface area contributed by atoms with Gasteiger partial charge in [-0.05, 0) is 61.7 Å². The molecule has 4 saturated carbocycles. The number of hydrogen-bond acceptors (Lipinski definition) is 2. The fourth-order valence-electron chi connectivity index (χ4n) is 4.38. The number of nitrogens with zero attached hydrogens (tertiary/aromatic N) is 1. The van der Waals surface area contributed by atoms with Crippen LogP contribution < -0.4 is 0 Å². The Kier molecular flexibility index (Phi) is 2.32. The largest absolute Gasteiger partial charge is 0.193 e. The summed E-state index contributed by atoms with van der Waals surface area (Å²) in [5.74, 6) is 3.04. The third-order valence-electron chi connectivity index (χ3n) is 4.44. The number of thioether (sulfide) groups is 1. The van der Waals surface area contributed by atoms with Gasteiger partial charge in [0.25, 0.3) is 0 Å². The van der Waals surface area contributed by atoms with Crippen LogP contribution in [-0.4, -0.2) is 4.75 Å². The van der Waals surface area contributed by atoms with E-state index < -0.39 is 0 Å². The molecule has 0 aliphatic heterocycles. The van der Waals surface area contributed by atoms with Gasteiger partial charge in [-0.25, -0.2) is 0 Å². The maximum atomic E-state index is 8.53. The van der Waals surface area contributed by atoms with Gasteiger partial charge in [0, 0.05) is 10.8 Å². The van der Waals surface area contributed by atoms with Crippen LogP contribution >= 0.6 is 11.8 Å². The van der Waals surface area contributed by atoms with Gasteiger partial charge in [0.15, 0.2) is 0 Å². The zero-order valence-corrected chi connectivity index (χ0v) is 9.80. The van der Waals surface area contributed by atoms with Crippen LogP contribution in [0.4, 0.5) is 0 Å².